The van der Waals surface area contributed by atoms with Crippen molar-refractivity contribution in [3.05, 3.63) is 35.4 Å². The van der Waals surface area contributed by atoms with E-state index in [9.17, 15) is 13.2 Å². The maximum atomic E-state index is 12.4. The van der Waals surface area contributed by atoms with E-state index >= 15 is 0 Å². The minimum Gasteiger partial charge on any atom is -0.314 e. The summed E-state index contributed by atoms with van der Waals surface area (Å²) in [5, 5.41) is 3.17. The van der Waals surface area contributed by atoms with Gasteiger partial charge in [0.15, 0.2) is 0 Å². The van der Waals surface area contributed by atoms with Crippen LogP contribution in [0.4, 0.5) is 13.2 Å². The third kappa shape index (κ3) is 12.4. The molecular weight excluding hydrogens is 416 g/mol. The molecule has 1 aromatic carbocycles. The van der Waals surface area contributed by atoms with Crippen molar-refractivity contribution in [2.24, 2.45) is 0 Å². The SMILES string of the molecule is CCNC(C)Cc1cccc(C(F)(F)F)c1.Cl.ClC(Cl)C(Cl)Cl. The molecule has 1 unspecified atom stereocenters. The summed E-state index contributed by atoms with van der Waals surface area (Å²) in [7, 11) is 0. The molecule has 0 amide bonds. The second-order valence-electron chi connectivity index (χ2n) is 4.53. The quantitative estimate of drug-likeness (QED) is 0.538. The van der Waals surface area contributed by atoms with Crippen molar-refractivity contribution in [3.63, 3.8) is 0 Å². The maximum Gasteiger partial charge on any atom is 0.416 e. The Morgan fingerprint density at radius 2 is 1.61 bits per heavy atom. The number of hydrogen-bond donors (Lipinski definition) is 1. The van der Waals surface area contributed by atoms with Gasteiger partial charge >= 0.3 is 6.18 Å². The van der Waals surface area contributed by atoms with Crippen LogP contribution in [0.15, 0.2) is 24.3 Å². The second-order valence-corrected chi connectivity index (χ2v) is 6.86. The van der Waals surface area contributed by atoms with Gasteiger partial charge in [-0.1, -0.05) is 25.1 Å². The molecule has 1 N–H and O–H groups in total. The molecule has 136 valence electrons. The molecule has 0 saturated heterocycles. The van der Waals surface area contributed by atoms with Crippen molar-refractivity contribution in [2.75, 3.05) is 6.54 Å². The van der Waals surface area contributed by atoms with Crippen LogP contribution in [0, 0.1) is 0 Å². The Balaban J connectivity index is 0. The first kappa shape index (κ1) is 25.7. The van der Waals surface area contributed by atoms with Crippen LogP contribution in [-0.2, 0) is 12.6 Å². The normalized spacial score (nSPS) is 12.5. The number of nitrogens with one attached hydrogen (secondary N) is 1. The fraction of sp³-hybridized carbons (Fsp3) is 0.571. The molecule has 0 bridgehead atoms. The van der Waals surface area contributed by atoms with Crippen LogP contribution >= 0.6 is 58.8 Å². The summed E-state index contributed by atoms with van der Waals surface area (Å²) in [6, 6.07) is 5.68. The van der Waals surface area contributed by atoms with Gasteiger partial charge in [0.1, 0.15) is 9.67 Å². The summed E-state index contributed by atoms with van der Waals surface area (Å²) in [4.78, 5) is -1.35. The number of rotatable bonds is 5. The molecule has 0 spiro atoms. The molecule has 23 heavy (non-hydrogen) atoms. The van der Waals surface area contributed by atoms with Crippen LogP contribution in [0.3, 0.4) is 0 Å². The average Bonchev–Trinajstić information content (AvgIpc) is 2.38. The van der Waals surface area contributed by atoms with Crippen molar-refractivity contribution in [3.8, 4) is 0 Å². The Labute approximate surface area is 161 Å². The average molecular weight is 436 g/mol. The summed E-state index contributed by atoms with van der Waals surface area (Å²) in [6.45, 7) is 4.76. The summed E-state index contributed by atoms with van der Waals surface area (Å²) >= 11 is 20.5. The molecule has 1 aromatic rings. The highest BCUT2D eigenvalue weighted by atomic mass is 35.5. The third-order valence-corrected chi connectivity index (χ3v) is 4.06. The van der Waals surface area contributed by atoms with E-state index in [2.05, 4.69) is 5.32 Å². The van der Waals surface area contributed by atoms with E-state index in [1.165, 1.54) is 12.1 Å². The lowest BCUT2D eigenvalue weighted by Gasteiger charge is -2.13. The van der Waals surface area contributed by atoms with Crippen LogP contribution in [0.5, 0.6) is 0 Å². The van der Waals surface area contributed by atoms with Gasteiger partial charge in [-0.25, -0.2) is 0 Å². The van der Waals surface area contributed by atoms with Gasteiger partial charge in [0, 0.05) is 6.04 Å². The molecule has 0 aliphatic heterocycles. The molecule has 0 radical (unpaired) electrons. The molecule has 1 rings (SSSR count). The van der Waals surface area contributed by atoms with Gasteiger partial charge in [0.2, 0.25) is 0 Å². The predicted octanol–water partition coefficient (Wildman–Crippen LogP) is 6.26. The van der Waals surface area contributed by atoms with Crippen molar-refractivity contribution in [1.82, 2.24) is 5.32 Å². The zero-order valence-corrected chi connectivity index (χ0v) is 16.3. The van der Waals surface area contributed by atoms with Gasteiger partial charge in [0.25, 0.3) is 0 Å². The molecule has 0 heterocycles. The predicted molar refractivity (Wildman–Crippen MR) is 96.5 cm³/mol. The number of benzene rings is 1. The molecule has 0 aliphatic carbocycles. The smallest absolute Gasteiger partial charge is 0.314 e. The molecule has 0 aliphatic rings. The Hall–Kier alpha value is 0.420. The van der Waals surface area contributed by atoms with Crippen molar-refractivity contribution < 1.29 is 13.2 Å². The second kappa shape index (κ2) is 12.7. The minimum atomic E-state index is -4.25. The van der Waals surface area contributed by atoms with Gasteiger partial charge in [-0.3, -0.25) is 0 Å². The molecule has 0 aromatic heterocycles. The van der Waals surface area contributed by atoms with Crippen molar-refractivity contribution >= 4 is 58.8 Å². The Morgan fingerprint density at radius 3 is 2.00 bits per heavy atom. The molecular formula is C14H19Cl5F3N. The lowest BCUT2D eigenvalue weighted by molar-refractivity contribution is -0.137. The molecule has 1 atom stereocenters. The highest BCUT2D eigenvalue weighted by Crippen LogP contribution is 2.29. The summed E-state index contributed by atoms with van der Waals surface area (Å²) in [6.07, 6.45) is -3.64. The van der Waals surface area contributed by atoms with Crippen LogP contribution in [0.25, 0.3) is 0 Å². The van der Waals surface area contributed by atoms with Crippen molar-refractivity contribution in [2.45, 2.75) is 42.2 Å². The summed E-state index contributed by atoms with van der Waals surface area (Å²) in [5.41, 5.74) is 0.136. The van der Waals surface area contributed by atoms with E-state index in [-0.39, 0.29) is 18.4 Å². The van der Waals surface area contributed by atoms with E-state index in [1.807, 2.05) is 13.8 Å². The lowest BCUT2D eigenvalue weighted by Crippen LogP contribution is -2.27. The van der Waals surface area contributed by atoms with Crippen LogP contribution in [-0.4, -0.2) is 22.3 Å². The fourth-order valence-electron chi connectivity index (χ4n) is 1.65. The van der Waals surface area contributed by atoms with Gasteiger partial charge in [-0.15, -0.1) is 58.8 Å². The van der Waals surface area contributed by atoms with E-state index in [1.54, 1.807) is 6.07 Å². The Morgan fingerprint density at radius 1 is 1.09 bits per heavy atom. The summed E-state index contributed by atoms with van der Waals surface area (Å²) in [5.74, 6) is 0. The van der Waals surface area contributed by atoms with Crippen molar-refractivity contribution in [1.29, 1.82) is 0 Å². The third-order valence-electron chi connectivity index (χ3n) is 2.54. The Bertz CT molecular complexity index is 421. The number of likely N-dealkylation sites (N-methyl/N-ethyl adjacent to an activating group) is 1. The fourth-order valence-corrected chi connectivity index (χ4v) is 1.65. The standard InChI is InChI=1S/C12H16F3N.C2H2Cl4.ClH/c1-3-16-9(2)7-10-5-4-6-11(8-10)12(13,14)15;3-1(4)2(5)6;/h4-6,8-9,16H,3,7H2,1-2H3;1-2H;1H. The Kier molecular flexibility index (Phi) is 14.2. The van der Waals surface area contributed by atoms with Gasteiger partial charge in [-0.05, 0) is 31.5 Å². The zero-order chi connectivity index (χ0) is 17.3. The zero-order valence-electron chi connectivity index (χ0n) is 12.5. The van der Waals surface area contributed by atoms with Crippen LogP contribution in [0.1, 0.15) is 25.0 Å². The highest BCUT2D eigenvalue weighted by molar-refractivity contribution is 6.56. The molecule has 0 fully saturated rings. The largest absolute Gasteiger partial charge is 0.416 e. The number of halogens is 8. The molecule has 0 saturated carbocycles. The molecule has 1 nitrogen and oxygen atoms in total. The van der Waals surface area contributed by atoms with Gasteiger partial charge in [-0.2, -0.15) is 13.2 Å². The molecule has 9 heteroatoms. The first-order valence-corrected chi connectivity index (χ1v) is 8.28. The number of hydrogen-bond acceptors (Lipinski definition) is 1. The van der Waals surface area contributed by atoms with E-state index < -0.39 is 21.4 Å². The lowest BCUT2D eigenvalue weighted by atomic mass is 10.0. The monoisotopic (exact) mass is 433 g/mol. The van der Waals surface area contributed by atoms with E-state index in [4.69, 9.17) is 46.4 Å². The highest BCUT2D eigenvalue weighted by Gasteiger charge is 2.30. The first-order chi connectivity index (χ1) is 10.1. The number of alkyl halides is 7. The summed E-state index contributed by atoms with van der Waals surface area (Å²) < 4.78 is 37.3. The van der Waals surface area contributed by atoms with Gasteiger partial charge < -0.3 is 5.32 Å². The van der Waals surface area contributed by atoms with Gasteiger partial charge in [0.05, 0.1) is 5.56 Å². The van der Waals surface area contributed by atoms with E-state index in [0.29, 0.717) is 12.0 Å². The first-order valence-electron chi connectivity index (χ1n) is 6.53. The van der Waals surface area contributed by atoms with Crippen LogP contribution in [0.2, 0.25) is 0 Å². The maximum absolute atomic E-state index is 12.4. The minimum absolute atomic E-state index is 0. The van der Waals surface area contributed by atoms with Crippen LogP contribution < -0.4 is 5.32 Å². The topological polar surface area (TPSA) is 12.0 Å². The van der Waals surface area contributed by atoms with E-state index in [0.717, 1.165) is 12.6 Å².